The molecule has 1 aromatic heterocycles. The standard InChI is InChI=1S/C20H22N2OS/c1-4-7-15(3)22-17-8-5-6-9-18(17)24-20(22)21-19(23)16-12-10-14(2)11-13-16/h5-6,8-13,15H,4,7H2,1-3H3. The maximum absolute atomic E-state index is 12.6. The Morgan fingerprint density at radius 3 is 2.58 bits per heavy atom. The second-order valence-electron chi connectivity index (χ2n) is 6.14. The average molecular weight is 338 g/mol. The van der Waals surface area contributed by atoms with Gasteiger partial charge in [0.1, 0.15) is 0 Å². The SMILES string of the molecule is CCCC(C)n1c(=NC(=O)c2ccc(C)cc2)sc2ccccc21. The lowest BCUT2D eigenvalue weighted by Gasteiger charge is -2.13. The summed E-state index contributed by atoms with van der Waals surface area (Å²) < 4.78 is 3.37. The van der Waals surface area contributed by atoms with E-state index in [1.807, 2.05) is 43.3 Å². The first-order valence-corrected chi connectivity index (χ1v) is 9.17. The number of hydrogen-bond donors (Lipinski definition) is 0. The summed E-state index contributed by atoms with van der Waals surface area (Å²) in [5, 5.41) is 0. The molecule has 4 heteroatoms. The topological polar surface area (TPSA) is 34.4 Å². The van der Waals surface area contributed by atoms with E-state index in [1.54, 1.807) is 11.3 Å². The molecular weight excluding hydrogens is 316 g/mol. The molecule has 3 rings (SSSR count). The molecule has 3 aromatic rings. The molecule has 0 fully saturated rings. The lowest BCUT2D eigenvalue weighted by molar-refractivity contribution is 0.0997. The molecule has 0 aliphatic carbocycles. The molecule has 1 unspecified atom stereocenters. The summed E-state index contributed by atoms with van der Waals surface area (Å²) in [6.45, 7) is 6.38. The van der Waals surface area contributed by atoms with Crippen molar-refractivity contribution in [1.29, 1.82) is 0 Å². The van der Waals surface area contributed by atoms with Gasteiger partial charge in [0, 0.05) is 11.6 Å². The van der Waals surface area contributed by atoms with Crippen LogP contribution in [0, 0.1) is 6.92 Å². The summed E-state index contributed by atoms with van der Waals surface area (Å²) in [6.07, 6.45) is 2.16. The largest absolute Gasteiger partial charge is 0.314 e. The van der Waals surface area contributed by atoms with E-state index in [-0.39, 0.29) is 5.91 Å². The molecule has 0 N–H and O–H groups in total. The van der Waals surface area contributed by atoms with Crippen LogP contribution >= 0.6 is 11.3 Å². The van der Waals surface area contributed by atoms with Crippen molar-refractivity contribution in [3.05, 3.63) is 64.5 Å². The third-order valence-corrected chi connectivity index (χ3v) is 5.21. The van der Waals surface area contributed by atoms with E-state index in [2.05, 4.69) is 35.5 Å². The normalized spacial score (nSPS) is 13.4. The van der Waals surface area contributed by atoms with Crippen molar-refractivity contribution in [1.82, 2.24) is 4.57 Å². The third-order valence-electron chi connectivity index (χ3n) is 4.18. The van der Waals surface area contributed by atoms with Gasteiger partial charge in [-0.25, -0.2) is 0 Å². The molecular formula is C20H22N2OS. The highest BCUT2D eigenvalue weighted by molar-refractivity contribution is 7.16. The van der Waals surface area contributed by atoms with E-state index >= 15 is 0 Å². The first kappa shape index (κ1) is 16.7. The van der Waals surface area contributed by atoms with Crippen LogP contribution in [-0.4, -0.2) is 10.5 Å². The number of fused-ring (bicyclic) bond motifs is 1. The predicted octanol–water partition coefficient (Wildman–Crippen LogP) is 5.11. The average Bonchev–Trinajstić information content (AvgIpc) is 2.93. The van der Waals surface area contributed by atoms with Crippen molar-refractivity contribution in [3.63, 3.8) is 0 Å². The van der Waals surface area contributed by atoms with Crippen LogP contribution < -0.4 is 4.80 Å². The number of thiazole rings is 1. The van der Waals surface area contributed by atoms with Gasteiger partial charge in [0.05, 0.1) is 10.2 Å². The Balaban J connectivity index is 2.12. The van der Waals surface area contributed by atoms with Gasteiger partial charge in [0.15, 0.2) is 4.80 Å². The van der Waals surface area contributed by atoms with Crippen molar-refractivity contribution in [2.75, 3.05) is 0 Å². The van der Waals surface area contributed by atoms with Gasteiger partial charge in [0.2, 0.25) is 0 Å². The van der Waals surface area contributed by atoms with E-state index in [1.165, 1.54) is 0 Å². The van der Waals surface area contributed by atoms with E-state index in [4.69, 9.17) is 0 Å². The van der Waals surface area contributed by atoms with Gasteiger partial charge < -0.3 is 4.57 Å². The first-order valence-electron chi connectivity index (χ1n) is 8.36. The number of nitrogens with zero attached hydrogens (tertiary/aromatic N) is 2. The first-order chi connectivity index (χ1) is 11.6. The maximum Gasteiger partial charge on any atom is 0.279 e. The van der Waals surface area contributed by atoms with Crippen LogP contribution in [0.1, 0.15) is 48.7 Å². The zero-order valence-corrected chi connectivity index (χ0v) is 15.1. The molecule has 24 heavy (non-hydrogen) atoms. The summed E-state index contributed by atoms with van der Waals surface area (Å²) in [5.74, 6) is -0.181. The fraction of sp³-hybridized carbons (Fsp3) is 0.300. The van der Waals surface area contributed by atoms with Gasteiger partial charge >= 0.3 is 0 Å². The highest BCUT2D eigenvalue weighted by Gasteiger charge is 2.13. The molecule has 1 amide bonds. The predicted molar refractivity (Wildman–Crippen MR) is 101 cm³/mol. The summed E-state index contributed by atoms with van der Waals surface area (Å²) in [7, 11) is 0. The van der Waals surface area contributed by atoms with Crippen molar-refractivity contribution >= 4 is 27.5 Å². The maximum atomic E-state index is 12.6. The van der Waals surface area contributed by atoms with Gasteiger partial charge in [0.25, 0.3) is 5.91 Å². The van der Waals surface area contributed by atoms with E-state index < -0.39 is 0 Å². The molecule has 124 valence electrons. The van der Waals surface area contributed by atoms with Crippen LogP contribution in [0.2, 0.25) is 0 Å². The van der Waals surface area contributed by atoms with Crippen LogP contribution in [0.25, 0.3) is 10.2 Å². The molecule has 0 bridgehead atoms. The van der Waals surface area contributed by atoms with Crippen LogP contribution in [0.4, 0.5) is 0 Å². The monoisotopic (exact) mass is 338 g/mol. The number of aryl methyl sites for hydroxylation is 1. The van der Waals surface area contributed by atoms with Crippen LogP contribution in [-0.2, 0) is 0 Å². The lowest BCUT2D eigenvalue weighted by atomic mass is 10.1. The molecule has 0 radical (unpaired) electrons. The lowest BCUT2D eigenvalue weighted by Crippen LogP contribution is -2.20. The quantitative estimate of drug-likeness (QED) is 0.650. The Morgan fingerprint density at radius 2 is 1.88 bits per heavy atom. The molecule has 0 saturated heterocycles. The molecule has 0 aliphatic heterocycles. The summed E-state index contributed by atoms with van der Waals surface area (Å²) in [6, 6.07) is 16.1. The van der Waals surface area contributed by atoms with E-state index in [9.17, 15) is 4.79 Å². The molecule has 1 atom stereocenters. The second-order valence-corrected chi connectivity index (χ2v) is 7.15. The van der Waals surface area contributed by atoms with Crippen LogP contribution in [0.3, 0.4) is 0 Å². The molecule has 1 heterocycles. The minimum Gasteiger partial charge on any atom is -0.314 e. The Kier molecular flexibility index (Phi) is 4.95. The third kappa shape index (κ3) is 3.34. The molecule has 0 spiro atoms. The molecule has 2 aromatic carbocycles. The minimum atomic E-state index is -0.181. The van der Waals surface area contributed by atoms with Crippen molar-refractivity contribution < 1.29 is 4.79 Å². The zero-order chi connectivity index (χ0) is 17.1. The molecule has 0 aliphatic rings. The highest BCUT2D eigenvalue weighted by Crippen LogP contribution is 2.22. The zero-order valence-electron chi connectivity index (χ0n) is 14.3. The van der Waals surface area contributed by atoms with E-state index in [0.717, 1.165) is 33.4 Å². The van der Waals surface area contributed by atoms with Gasteiger partial charge in [-0.05, 0) is 44.5 Å². The number of amides is 1. The highest BCUT2D eigenvalue weighted by atomic mass is 32.1. The van der Waals surface area contributed by atoms with Crippen molar-refractivity contribution in [2.24, 2.45) is 4.99 Å². The molecule has 0 saturated carbocycles. The fourth-order valence-electron chi connectivity index (χ4n) is 2.89. The van der Waals surface area contributed by atoms with Crippen LogP contribution in [0.15, 0.2) is 53.5 Å². The van der Waals surface area contributed by atoms with Crippen molar-refractivity contribution in [2.45, 2.75) is 39.7 Å². The van der Waals surface area contributed by atoms with E-state index in [0.29, 0.717) is 11.6 Å². The fourth-order valence-corrected chi connectivity index (χ4v) is 4.01. The Labute approximate surface area is 146 Å². The number of para-hydroxylation sites is 1. The van der Waals surface area contributed by atoms with Gasteiger partial charge in [-0.15, -0.1) is 0 Å². The summed E-state index contributed by atoms with van der Waals surface area (Å²) in [5.41, 5.74) is 2.92. The Bertz CT molecular complexity index is 919. The summed E-state index contributed by atoms with van der Waals surface area (Å²) >= 11 is 1.58. The minimum absolute atomic E-state index is 0.181. The van der Waals surface area contributed by atoms with Gasteiger partial charge in [-0.2, -0.15) is 4.99 Å². The van der Waals surface area contributed by atoms with Gasteiger partial charge in [-0.1, -0.05) is 54.5 Å². The van der Waals surface area contributed by atoms with Crippen molar-refractivity contribution in [3.8, 4) is 0 Å². The number of carbonyl (C=O) groups excluding carboxylic acids is 1. The Morgan fingerprint density at radius 1 is 1.17 bits per heavy atom. The van der Waals surface area contributed by atoms with Crippen LogP contribution in [0.5, 0.6) is 0 Å². The van der Waals surface area contributed by atoms with Gasteiger partial charge in [-0.3, -0.25) is 4.79 Å². The smallest absolute Gasteiger partial charge is 0.279 e. The number of carbonyl (C=O) groups is 1. The number of rotatable bonds is 4. The molecule has 3 nitrogen and oxygen atoms in total. The number of aromatic nitrogens is 1. The Hall–Kier alpha value is -2.20. The second kappa shape index (κ2) is 7.14. The number of hydrogen-bond acceptors (Lipinski definition) is 2. The number of benzene rings is 2. The summed E-state index contributed by atoms with van der Waals surface area (Å²) in [4.78, 5) is 17.8.